The van der Waals surface area contributed by atoms with Crippen LogP contribution < -0.4 is 10.2 Å². The minimum Gasteiger partial charge on any atom is -0.756 e. The first-order valence-corrected chi connectivity index (χ1v) is 24.9. The van der Waals surface area contributed by atoms with Gasteiger partial charge in [0.15, 0.2) is 0 Å². The maximum Gasteiger partial charge on any atom is 0.268 e. The number of carbonyl (C=O) groups excluding carboxylic acids is 1. The van der Waals surface area contributed by atoms with E-state index in [9.17, 15) is 19.4 Å². The van der Waals surface area contributed by atoms with Crippen molar-refractivity contribution in [3.63, 3.8) is 0 Å². The molecule has 0 rings (SSSR count). The van der Waals surface area contributed by atoms with Crippen molar-refractivity contribution in [1.82, 2.24) is 5.32 Å². The number of hydrogen-bond donors (Lipinski definition) is 2. The number of aliphatic hydroxyl groups is 1. The monoisotopic (exact) mass is 845 g/mol. The molecule has 0 aliphatic carbocycles. The van der Waals surface area contributed by atoms with Gasteiger partial charge in [-0.1, -0.05) is 182 Å². The lowest BCUT2D eigenvalue weighted by molar-refractivity contribution is -0.870. The number of rotatable bonds is 41. The van der Waals surface area contributed by atoms with Gasteiger partial charge < -0.3 is 28.8 Å². The van der Waals surface area contributed by atoms with Crippen molar-refractivity contribution in [3.8, 4) is 0 Å². The molecule has 0 aliphatic rings. The van der Waals surface area contributed by atoms with Gasteiger partial charge in [-0.15, -0.1) is 0 Å². The molecule has 2 N–H and O–H groups in total. The lowest BCUT2D eigenvalue weighted by Gasteiger charge is -2.30. The van der Waals surface area contributed by atoms with Crippen LogP contribution in [0.3, 0.4) is 0 Å². The van der Waals surface area contributed by atoms with E-state index in [1.165, 1.54) is 57.8 Å². The molecule has 0 aromatic carbocycles. The molecule has 3 unspecified atom stereocenters. The van der Waals surface area contributed by atoms with Crippen molar-refractivity contribution in [2.24, 2.45) is 0 Å². The Morgan fingerprint density at radius 3 is 1.49 bits per heavy atom. The molecule has 8 nitrogen and oxygen atoms in total. The molecule has 9 heteroatoms. The third-order valence-electron chi connectivity index (χ3n) is 9.90. The van der Waals surface area contributed by atoms with Crippen LogP contribution in [0.5, 0.6) is 0 Å². The van der Waals surface area contributed by atoms with Gasteiger partial charge in [-0.25, -0.2) is 0 Å². The summed E-state index contributed by atoms with van der Waals surface area (Å²) in [5, 5.41) is 13.9. The summed E-state index contributed by atoms with van der Waals surface area (Å²) < 4.78 is 23.2. The number of likely N-dealkylation sites (N-methyl/N-ethyl adjacent to an activating group) is 1. The van der Waals surface area contributed by atoms with E-state index in [0.717, 1.165) is 89.9 Å². The quantitative estimate of drug-likeness (QED) is 0.0275. The average Bonchev–Trinajstić information content (AvgIpc) is 3.19. The Labute approximate surface area is 363 Å². The number of allylic oxidation sites excluding steroid dienone is 14. The third-order valence-corrected chi connectivity index (χ3v) is 10.9. The van der Waals surface area contributed by atoms with E-state index in [4.69, 9.17) is 9.05 Å². The number of phosphoric ester groups is 1. The van der Waals surface area contributed by atoms with Crippen molar-refractivity contribution in [2.75, 3.05) is 40.9 Å². The minimum atomic E-state index is -4.58. The molecule has 0 saturated carbocycles. The van der Waals surface area contributed by atoms with Crippen LogP contribution >= 0.6 is 7.82 Å². The largest absolute Gasteiger partial charge is 0.756 e. The Morgan fingerprint density at radius 2 is 1.03 bits per heavy atom. The normalized spacial score (nSPS) is 15.0. The zero-order valence-corrected chi connectivity index (χ0v) is 39.3. The highest BCUT2D eigenvalue weighted by atomic mass is 31.2. The molecular weight excluding hydrogens is 756 g/mol. The maximum atomic E-state index is 12.9. The lowest BCUT2D eigenvalue weighted by Crippen LogP contribution is -2.46. The summed E-state index contributed by atoms with van der Waals surface area (Å²) in [5.41, 5.74) is 0. The Bertz CT molecular complexity index is 1230. The van der Waals surface area contributed by atoms with Crippen molar-refractivity contribution < 1.29 is 32.9 Å². The van der Waals surface area contributed by atoms with Crippen molar-refractivity contribution in [2.45, 2.75) is 187 Å². The van der Waals surface area contributed by atoms with Gasteiger partial charge in [-0.2, -0.15) is 0 Å². The average molecular weight is 845 g/mol. The lowest BCUT2D eigenvalue weighted by atomic mass is 10.0. The Kier molecular flexibility index (Phi) is 39.4. The molecule has 0 aromatic heterocycles. The van der Waals surface area contributed by atoms with E-state index in [1.807, 2.05) is 21.1 Å². The summed E-state index contributed by atoms with van der Waals surface area (Å²) >= 11 is 0. The predicted molar refractivity (Wildman–Crippen MR) is 251 cm³/mol. The van der Waals surface area contributed by atoms with Gasteiger partial charge in [0.05, 0.1) is 39.9 Å². The number of unbranched alkanes of at least 4 members (excludes halogenated alkanes) is 14. The van der Waals surface area contributed by atoms with E-state index >= 15 is 0 Å². The molecule has 0 bridgehead atoms. The molecular formula is C50H89N2O6P. The zero-order chi connectivity index (χ0) is 43.6. The molecule has 0 heterocycles. The molecule has 0 aromatic rings. The van der Waals surface area contributed by atoms with Crippen LogP contribution in [0.4, 0.5) is 0 Å². The van der Waals surface area contributed by atoms with Gasteiger partial charge in [0.2, 0.25) is 5.91 Å². The highest BCUT2D eigenvalue weighted by molar-refractivity contribution is 7.45. The summed E-state index contributed by atoms with van der Waals surface area (Å²) in [7, 11) is 1.26. The summed E-state index contributed by atoms with van der Waals surface area (Å²) in [4.78, 5) is 25.3. The molecule has 340 valence electrons. The number of hydrogen-bond acceptors (Lipinski definition) is 6. The number of nitrogens with one attached hydrogen (secondary N) is 1. The van der Waals surface area contributed by atoms with Gasteiger partial charge in [0.1, 0.15) is 13.2 Å². The van der Waals surface area contributed by atoms with Crippen molar-refractivity contribution >= 4 is 13.7 Å². The fourth-order valence-electron chi connectivity index (χ4n) is 6.19. The fraction of sp³-hybridized carbons (Fsp3) is 0.700. The minimum absolute atomic E-state index is 0.000407. The zero-order valence-electron chi connectivity index (χ0n) is 38.4. The first-order valence-electron chi connectivity index (χ1n) is 23.4. The number of carbonyl (C=O) groups is 1. The Balaban J connectivity index is 4.38. The second-order valence-electron chi connectivity index (χ2n) is 16.7. The van der Waals surface area contributed by atoms with Gasteiger partial charge in [0, 0.05) is 6.42 Å². The predicted octanol–water partition coefficient (Wildman–Crippen LogP) is 12.7. The second kappa shape index (κ2) is 41.1. The van der Waals surface area contributed by atoms with Crippen LogP contribution in [0.1, 0.15) is 174 Å². The van der Waals surface area contributed by atoms with Crippen molar-refractivity contribution in [1.29, 1.82) is 0 Å². The number of nitrogens with zero attached hydrogens (tertiary/aromatic N) is 1. The van der Waals surface area contributed by atoms with E-state index in [2.05, 4.69) is 104 Å². The van der Waals surface area contributed by atoms with Crippen LogP contribution in [0.2, 0.25) is 0 Å². The molecule has 0 radical (unpaired) electrons. The van der Waals surface area contributed by atoms with E-state index in [0.29, 0.717) is 23.9 Å². The summed E-state index contributed by atoms with van der Waals surface area (Å²) in [6, 6.07) is -0.823. The first-order chi connectivity index (χ1) is 28.5. The van der Waals surface area contributed by atoms with Gasteiger partial charge >= 0.3 is 0 Å². The molecule has 0 spiro atoms. The number of amides is 1. The van der Waals surface area contributed by atoms with Crippen molar-refractivity contribution in [3.05, 3.63) is 85.1 Å². The van der Waals surface area contributed by atoms with Gasteiger partial charge in [0.25, 0.3) is 7.82 Å². The number of aliphatic hydroxyl groups excluding tert-OH is 1. The highest BCUT2D eigenvalue weighted by Crippen LogP contribution is 2.38. The fourth-order valence-corrected chi connectivity index (χ4v) is 6.92. The second-order valence-corrected chi connectivity index (χ2v) is 18.1. The summed E-state index contributed by atoms with van der Waals surface area (Å²) in [5.74, 6) is -0.202. The Hall–Kier alpha value is -2.32. The molecule has 0 saturated heterocycles. The number of quaternary nitrogens is 1. The van der Waals surface area contributed by atoms with Crippen LogP contribution in [0.15, 0.2) is 85.1 Å². The highest BCUT2D eigenvalue weighted by Gasteiger charge is 2.24. The van der Waals surface area contributed by atoms with Crippen LogP contribution in [-0.4, -0.2) is 68.5 Å². The molecule has 0 fully saturated rings. The maximum absolute atomic E-state index is 12.9. The smallest absolute Gasteiger partial charge is 0.268 e. The third kappa shape index (κ3) is 43.6. The van der Waals surface area contributed by atoms with E-state index < -0.39 is 20.0 Å². The molecule has 1 amide bonds. The Morgan fingerprint density at radius 1 is 0.610 bits per heavy atom. The summed E-state index contributed by atoms with van der Waals surface area (Å²) in [6.07, 6.45) is 55.9. The van der Waals surface area contributed by atoms with E-state index in [1.54, 1.807) is 0 Å². The standard InChI is InChI=1S/C50H89N2O6P/c1-6-8-10-12-14-16-18-20-21-22-23-24-25-26-27-28-29-30-31-32-34-36-38-40-42-44-50(54)51-48(47-58-59(55,56)57-46-45-52(3,4)5)49(53)43-41-39-37-35-33-19-17-15-13-11-9-7-2/h8,10,14,16,20-21,23-24,26-27,29-30,32,34,48-49,53H,6-7,9,11-13,15,17-19,22,25,28,31,33,35-47H2,1-5H3,(H-,51,54,55,56)/b10-8-,16-14-,21-20-,24-23-,27-26-,30-29-,34-32-. The topological polar surface area (TPSA) is 108 Å². The van der Waals surface area contributed by atoms with Crippen LogP contribution in [0, 0.1) is 0 Å². The molecule has 0 aliphatic heterocycles. The molecule has 3 atom stereocenters. The summed E-state index contributed by atoms with van der Waals surface area (Å²) in [6.45, 7) is 4.55. The van der Waals surface area contributed by atoms with Gasteiger partial charge in [-0.3, -0.25) is 9.36 Å². The molecule has 59 heavy (non-hydrogen) atoms. The van der Waals surface area contributed by atoms with Crippen LogP contribution in [0.25, 0.3) is 0 Å². The SMILES string of the molecule is CC/C=C\C/C=C\C/C=C\C/C=C\C/C=C\C/C=C\C/C=C\CCCCCC(=O)NC(COP(=O)([O-])OCC[N+](C)(C)C)C(O)CCCCCCCCCCCCCC. The first kappa shape index (κ1) is 56.7. The van der Waals surface area contributed by atoms with Gasteiger partial charge in [-0.05, 0) is 70.6 Å². The van der Waals surface area contributed by atoms with E-state index in [-0.39, 0.29) is 19.1 Å². The number of phosphoric acid groups is 1. The van der Waals surface area contributed by atoms with Crippen LogP contribution in [-0.2, 0) is 18.4 Å².